The number of rotatable bonds is 8. The molecule has 2 aromatic carbocycles. The fourth-order valence-electron chi connectivity index (χ4n) is 3.73. The summed E-state index contributed by atoms with van der Waals surface area (Å²) in [5, 5.41) is 2.62. The normalized spacial score (nSPS) is 14.8. The largest absolute Gasteiger partial charge is 0.495 e. The Morgan fingerprint density at radius 2 is 1.76 bits per heavy atom. The smallest absolute Gasteiger partial charge is 0.245 e. The van der Waals surface area contributed by atoms with Crippen molar-refractivity contribution in [2.75, 3.05) is 42.6 Å². The molecular weight excluding hydrogens is 466 g/mol. The third kappa shape index (κ3) is 5.48. The Hall–Kier alpha value is -2.63. The zero-order chi connectivity index (χ0) is 24.4. The van der Waals surface area contributed by atoms with Gasteiger partial charge in [0.1, 0.15) is 12.3 Å². The second-order valence-corrected chi connectivity index (χ2v) is 11.9. The van der Waals surface area contributed by atoms with E-state index in [4.69, 9.17) is 4.74 Å². The maximum Gasteiger partial charge on any atom is 0.245 e. The number of carbonyl (C=O) groups is 1. The summed E-state index contributed by atoms with van der Waals surface area (Å²) >= 11 is 0. The molecule has 1 aliphatic rings. The van der Waals surface area contributed by atoms with Crippen molar-refractivity contribution < 1.29 is 26.4 Å². The van der Waals surface area contributed by atoms with Gasteiger partial charge in [-0.2, -0.15) is 4.31 Å². The van der Waals surface area contributed by atoms with Crippen LogP contribution in [0.25, 0.3) is 0 Å². The maximum atomic E-state index is 12.9. The zero-order valence-electron chi connectivity index (χ0n) is 19.2. The third-order valence-corrected chi connectivity index (χ3v) is 8.70. The number of carbonyl (C=O) groups excluding carboxylic acids is 1. The SMILES string of the molecule is COc1ccc(S(=O)(=O)N2CCCC2)cc1NC(=O)CN(c1cccc(C)c1C)S(C)(=O)=O. The number of nitrogens with zero attached hydrogens (tertiary/aromatic N) is 2. The summed E-state index contributed by atoms with van der Waals surface area (Å²) in [6.45, 7) is 4.08. The standard InChI is InChI=1S/C22H29N3O6S2/c1-16-8-7-9-20(17(16)2)25(32(4,27)28)15-22(26)23-19-14-18(10-11-21(19)31-3)33(29,30)24-12-5-6-13-24/h7-11,14H,5-6,12-13,15H2,1-4H3,(H,23,26). The van der Waals surface area contributed by atoms with Gasteiger partial charge in [0.05, 0.1) is 29.6 Å². The third-order valence-electron chi connectivity index (χ3n) is 5.68. The van der Waals surface area contributed by atoms with Crippen molar-refractivity contribution in [1.29, 1.82) is 0 Å². The highest BCUT2D eigenvalue weighted by molar-refractivity contribution is 7.92. The van der Waals surface area contributed by atoms with Gasteiger partial charge in [-0.1, -0.05) is 12.1 Å². The summed E-state index contributed by atoms with van der Waals surface area (Å²) in [7, 11) is -6.06. The Balaban J connectivity index is 1.90. The number of amides is 1. The lowest BCUT2D eigenvalue weighted by Crippen LogP contribution is -2.38. The highest BCUT2D eigenvalue weighted by Gasteiger charge is 2.28. The van der Waals surface area contributed by atoms with E-state index in [0.29, 0.717) is 18.8 Å². The summed E-state index contributed by atoms with van der Waals surface area (Å²) in [6.07, 6.45) is 2.64. The molecule has 0 aliphatic carbocycles. The van der Waals surface area contributed by atoms with E-state index in [2.05, 4.69) is 5.32 Å². The van der Waals surface area contributed by atoms with Gasteiger partial charge in [-0.25, -0.2) is 16.8 Å². The minimum atomic E-state index is -3.76. The molecule has 0 aromatic heterocycles. The van der Waals surface area contributed by atoms with Gasteiger partial charge in [-0.3, -0.25) is 9.10 Å². The molecule has 1 fully saturated rings. The van der Waals surface area contributed by atoms with Crippen molar-refractivity contribution in [2.24, 2.45) is 0 Å². The molecule has 1 amide bonds. The lowest BCUT2D eigenvalue weighted by Gasteiger charge is -2.24. The Labute approximate surface area is 195 Å². The summed E-state index contributed by atoms with van der Waals surface area (Å²) in [4.78, 5) is 12.9. The molecule has 1 N–H and O–H groups in total. The minimum absolute atomic E-state index is 0.0370. The first kappa shape index (κ1) is 25.0. The van der Waals surface area contributed by atoms with Gasteiger partial charge in [-0.05, 0) is 62.1 Å². The number of ether oxygens (including phenoxy) is 1. The molecule has 2 aromatic rings. The Kier molecular flexibility index (Phi) is 7.35. The van der Waals surface area contributed by atoms with Gasteiger partial charge < -0.3 is 10.1 Å². The lowest BCUT2D eigenvalue weighted by atomic mass is 10.1. The molecule has 0 radical (unpaired) electrons. The summed E-state index contributed by atoms with van der Waals surface area (Å²) in [5.74, 6) is -0.364. The molecule has 3 rings (SSSR count). The molecule has 1 aliphatic heterocycles. The van der Waals surface area contributed by atoms with E-state index in [-0.39, 0.29) is 16.3 Å². The second-order valence-electron chi connectivity index (χ2n) is 8.01. The van der Waals surface area contributed by atoms with Crippen LogP contribution in [-0.4, -0.2) is 60.0 Å². The first-order valence-corrected chi connectivity index (χ1v) is 13.8. The van der Waals surface area contributed by atoms with Crippen molar-refractivity contribution in [3.8, 4) is 5.75 Å². The second kappa shape index (κ2) is 9.70. The topological polar surface area (TPSA) is 113 Å². The van der Waals surface area contributed by atoms with Crippen LogP contribution in [0.3, 0.4) is 0 Å². The molecule has 0 bridgehead atoms. The van der Waals surface area contributed by atoms with Crippen LogP contribution >= 0.6 is 0 Å². The number of sulfonamides is 2. The van der Waals surface area contributed by atoms with Crippen LogP contribution in [0.15, 0.2) is 41.3 Å². The zero-order valence-corrected chi connectivity index (χ0v) is 20.8. The average Bonchev–Trinajstić information content (AvgIpc) is 3.29. The first-order valence-electron chi connectivity index (χ1n) is 10.5. The number of anilines is 2. The average molecular weight is 496 g/mol. The van der Waals surface area contributed by atoms with Crippen LogP contribution < -0.4 is 14.4 Å². The van der Waals surface area contributed by atoms with Gasteiger partial charge in [0.2, 0.25) is 26.0 Å². The van der Waals surface area contributed by atoms with Gasteiger partial charge >= 0.3 is 0 Å². The molecule has 9 nitrogen and oxygen atoms in total. The van der Waals surface area contributed by atoms with Crippen molar-refractivity contribution in [3.05, 3.63) is 47.5 Å². The van der Waals surface area contributed by atoms with E-state index in [1.807, 2.05) is 13.0 Å². The summed E-state index contributed by atoms with van der Waals surface area (Å²) in [5.41, 5.74) is 2.19. The Morgan fingerprint density at radius 1 is 1.09 bits per heavy atom. The fraction of sp³-hybridized carbons (Fsp3) is 0.409. The van der Waals surface area contributed by atoms with Crippen LogP contribution in [0, 0.1) is 13.8 Å². The van der Waals surface area contributed by atoms with Crippen LogP contribution in [0.1, 0.15) is 24.0 Å². The van der Waals surface area contributed by atoms with E-state index < -0.39 is 32.5 Å². The summed E-state index contributed by atoms with van der Waals surface area (Å²) in [6, 6.07) is 9.46. The van der Waals surface area contributed by atoms with Crippen molar-refractivity contribution >= 4 is 37.3 Å². The molecule has 1 heterocycles. The van der Waals surface area contributed by atoms with Crippen LogP contribution in [-0.2, 0) is 24.8 Å². The monoisotopic (exact) mass is 495 g/mol. The van der Waals surface area contributed by atoms with Crippen LogP contribution in [0.5, 0.6) is 5.75 Å². The van der Waals surface area contributed by atoms with E-state index in [9.17, 15) is 21.6 Å². The van der Waals surface area contributed by atoms with Gasteiger partial charge in [0.25, 0.3) is 0 Å². The molecule has 11 heteroatoms. The maximum absolute atomic E-state index is 12.9. The molecule has 0 spiro atoms. The molecule has 1 saturated heterocycles. The van der Waals surface area contributed by atoms with E-state index in [0.717, 1.165) is 34.5 Å². The number of hydrogen-bond donors (Lipinski definition) is 1. The summed E-state index contributed by atoms with van der Waals surface area (Å²) < 4.78 is 58.5. The number of methoxy groups -OCH3 is 1. The van der Waals surface area contributed by atoms with E-state index >= 15 is 0 Å². The van der Waals surface area contributed by atoms with Crippen LogP contribution in [0.2, 0.25) is 0 Å². The quantitative estimate of drug-likeness (QED) is 0.602. The predicted octanol–water partition coefficient (Wildman–Crippen LogP) is 2.50. The molecule has 0 unspecified atom stereocenters. The molecule has 180 valence electrons. The highest BCUT2D eigenvalue weighted by Crippen LogP contribution is 2.31. The van der Waals surface area contributed by atoms with Crippen LogP contribution in [0.4, 0.5) is 11.4 Å². The number of nitrogens with one attached hydrogen (secondary N) is 1. The lowest BCUT2D eigenvalue weighted by molar-refractivity contribution is -0.114. The molecule has 0 atom stereocenters. The van der Waals surface area contributed by atoms with Crippen molar-refractivity contribution in [1.82, 2.24) is 4.31 Å². The predicted molar refractivity (Wildman–Crippen MR) is 128 cm³/mol. The Bertz CT molecular complexity index is 1250. The minimum Gasteiger partial charge on any atom is -0.495 e. The first-order chi connectivity index (χ1) is 15.4. The van der Waals surface area contributed by atoms with Crippen molar-refractivity contribution in [2.45, 2.75) is 31.6 Å². The van der Waals surface area contributed by atoms with Crippen molar-refractivity contribution in [3.63, 3.8) is 0 Å². The van der Waals surface area contributed by atoms with E-state index in [1.165, 1.54) is 29.6 Å². The van der Waals surface area contributed by atoms with Gasteiger partial charge in [-0.15, -0.1) is 0 Å². The molecule has 33 heavy (non-hydrogen) atoms. The molecular formula is C22H29N3O6S2. The molecule has 0 saturated carbocycles. The number of benzene rings is 2. The number of aryl methyl sites for hydroxylation is 1. The van der Waals surface area contributed by atoms with E-state index in [1.54, 1.807) is 19.1 Å². The number of hydrogen-bond acceptors (Lipinski definition) is 6. The fourth-order valence-corrected chi connectivity index (χ4v) is 6.18. The highest BCUT2D eigenvalue weighted by atomic mass is 32.2. The van der Waals surface area contributed by atoms with Gasteiger partial charge in [0, 0.05) is 13.1 Å². The van der Waals surface area contributed by atoms with Gasteiger partial charge in [0.15, 0.2) is 0 Å². The Morgan fingerprint density at radius 3 is 2.36 bits per heavy atom.